The summed E-state index contributed by atoms with van der Waals surface area (Å²) in [6, 6.07) is 1.92. The first-order valence-corrected chi connectivity index (χ1v) is 13.8. The smallest absolute Gasteiger partial charge is 0.225 e. The molecule has 3 aliphatic carbocycles. The molecule has 0 saturated heterocycles. The molecule has 3 aromatic rings. The number of thiazole rings is 1. The summed E-state index contributed by atoms with van der Waals surface area (Å²) in [5, 5.41) is 38.4. The number of rotatable bonds is 8. The van der Waals surface area contributed by atoms with Crippen molar-refractivity contribution in [2.45, 2.75) is 83.1 Å². The third kappa shape index (κ3) is 4.44. The molecule has 0 radical (unpaired) electrons. The highest BCUT2D eigenvalue weighted by Crippen LogP contribution is 2.45. The van der Waals surface area contributed by atoms with Gasteiger partial charge in [-0.2, -0.15) is 4.98 Å². The largest absolute Gasteiger partial charge is 0.396 e. The van der Waals surface area contributed by atoms with E-state index in [0.29, 0.717) is 30.0 Å². The average molecular weight is 511 g/mol. The van der Waals surface area contributed by atoms with Crippen LogP contribution < -0.4 is 10.6 Å². The van der Waals surface area contributed by atoms with Crippen molar-refractivity contribution >= 4 is 33.3 Å². The maximum absolute atomic E-state index is 10.7. The lowest BCUT2D eigenvalue weighted by atomic mass is 10.1. The molecule has 36 heavy (non-hydrogen) atoms. The van der Waals surface area contributed by atoms with E-state index < -0.39 is 18.2 Å². The lowest BCUT2D eigenvalue weighted by Gasteiger charge is -2.22. The molecule has 0 amide bonds. The van der Waals surface area contributed by atoms with Gasteiger partial charge in [-0.25, -0.2) is 9.97 Å². The number of hydrogen-bond donors (Lipinski definition) is 5. The van der Waals surface area contributed by atoms with Gasteiger partial charge in [0.2, 0.25) is 5.95 Å². The van der Waals surface area contributed by atoms with Gasteiger partial charge in [0.1, 0.15) is 22.4 Å². The van der Waals surface area contributed by atoms with Crippen LogP contribution in [0.4, 0.5) is 11.8 Å². The van der Waals surface area contributed by atoms with Gasteiger partial charge in [0.05, 0.1) is 33.8 Å². The number of aliphatic hydroxyl groups is 3. The van der Waals surface area contributed by atoms with Gasteiger partial charge in [-0.3, -0.25) is 4.98 Å². The number of aromatic nitrogens is 4. The van der Waals surface area contributed by atoms with Crippen LogP contribution in [-0.2, 0) is 0 Å². The third-order valence-electron chi connectivity index (χ3n) is 7.84. The summed E-state index contributed by atoms with van der Waals surface area (Å²) in [7, 11) is 0. The molecule has 3 fully saturated rings. The maximum atomic E-state index is 10.7. The predicted molar refractivity (Wildman–Crippen MR) is 140 cm³/mol. The molecule has 9 nitrogen and oxygen atoms in total. The van der Waals surface area contributed by atoms with Crippen molar-refractivity contribution in [2.75, 3.05) is 17.2 Å². The zero-order valence-electron chi connectivity index (χ0n) is 20.9. The fourth-order valence-electron chi connectivity index (χ4n) is 5.37. The molecule has 3 heterocycles. The minimum absolute atomic E-state index is 0.175. The van der Waals surface area contributed by atoms with E-state index in [9.17, 15) is 15.3 Å². The van der Waals surface area contributed by atoms with Crippen LogP contribution in [0.15, 0.2) is 6.07 Å². The molecule has 3 aromatic heterocycles. The lowest BCUT2D eigenvalue weighted by molar-refractivity contribution is 0.00446. The zero-order chi connectivity index (χ0) is 25.1. The summed E-state index contributed by atoms with van der Waals surface area (Å²) in [6.07, 6.45) is 3.19. The number of nitrogens with one attached hydrogen (secondary N) is 2. The predicted octanol–water partition coefficient (Wildman–Crippen LogP) is 3.37. The Bertz CT molecular complexity index is 1290. The van der Waals surface area contributed by atoms with Gasteiger partial charge in [0.15, 0.2) is 0 Å². The van der Waals surface area contributed by atoms with Crippen LogP contribution >= 0.6 is 11.3 Å². The minimum Gasteiger partial charge on any atom is -0.396 e. The second-order valence-corrected chi connectivity index (χ2v) is 11.9. The van der Waals surface area contributed by atoms with Gasteiger partial charge in [0, 0.05) is 30.2 Å². The van der Waals surface area contributed by atoms with Gasteiger partial charge in [-0.05, 0) is 64.9 Å². The maximum Gasteiger partial charge on any atom is 0.225 e. The molecule has 10 heteroatoms. The Kier molecular flexibility index (Phi) is 6.10. The van der Waals surface area contributed by atoms with Gasteiger partial charge >= 0.3 is 0 Å². The molecule has 192 valence electrons. The molecular weight excluding hydrogens is 476 g/mol. The van der Waals surface area contributed by atoms with Crippen LogP contribution in [0.1, 0.15) is 62.0 Å². The first-order chi connectivity index (χ1) is 17.3. The molecule has 1 unspecified atom stereocenters. The lowest BCUT2D eigenvalue weighted by Crippen LogP contribution is -2.36. The number of nitrogens with zero attached hydrogens (tertiary/aromatic N) is 4. The fourth-order valence-corrected chi connectivity index (χ4v) is 6.53. The summed E-state index contributed by atoms with van der Waals surface area (Å²) in [5.74, 6) is 1.87. The van der Waals surface area contributed by atoms with E-state index in [1.54, 1.807) is 11.3 Å². The molecule has 0 aromatic carbocycles. The van der Waals surface area contributed by atoms with Gasteiger partial charge in [-0.15, -0.1) is 11.3 Å². The highest BCUT2D eigenvalue weighted by molar-refractivity contribution is 7.21. The molecular formula is C26H34N6O3S. The standard InChI is InChI=1S/C26H34N6O3S/c1-11-8-18-21(20(27-11)15-6-7-15)31-25(36-18)19-13(3)29-26(28-12(2)14-4-5-14)32-24(19)30-17-9-16(10-33)22(34)23(17)35/h8,12,14-17,22-23,33-35H,4-7,9-10H2,1-3H3,(H2,28,29,30,32)/t12-,16-,17?,22-,23+/m1/s1. The summed E-state index contributed by atoms with van der Waals surface area (Å²) in [5.41, 5.74) is 4.63. The van der Waals surface area contributed by atoms with E-state index in [2.05, 4.69) is 23.6 Å². The summed E-state index contributed by atoms with van der Waals surface area (Å²) in [6.45, 7) is 5.97. The Hall–Kier alpha value is -2.40. The van der Waals surface area contributed by atoms with E-state index in [-0.39, 0.29) is 18.6 Å². The number of pyridine rings is 1. The van der Waals surface area contributed by atoms with E-state index in [1.807, 2.05) is 13.8 Å². The average Bonchev–Trinajstić information content (AvgIpc) is 3.76. The van der Waals surface area contributed by atoms with Crippen molar-refractivity contribution in [3.63, 3.8) is 0 Å². The van der Waals surface area contributed by atoms with E-state index >= 15 is 0 Å². The molecule has 3 saturated carbocycles. The van der Waals surface area contributed by atoms with Crippen LogP contribution in [0.2, 0.25) is 0 Å². The normalized spacial score (nSPS) is 26.9. The Balaban J connectivity index is 1.42. The Morgan fingerprint density at radius 1 is 1.06 bits per heavy atom. The summed E-state index contributed by atoms with van der Waals surface area (Å²) >= 11 is 1.61. The molecule has 0 spiro atoms. The Labute approximate surface area is 214 Å². The first kappa shape index (κ1) is 24.0. The van der Waals surface area contributed by atoms with E-state index in [1.165, 1.54) is 12.8 Å². The monoisotopic (exact) mass is 510 g/mol. The zero-order valence-corrected chi connectivity index (χ0v) is 21.7. The first-order valence-electron chi connectivity index (χ1n) is 13.0. The third-order valence-corrected chi connectivity index (χ3v) is 8.86. The second-order valence-electron chi connectivity index (χ2n) is 10.8. The highest BCUT2D eigenvalue weighted by atomic mass is 32.1. The Morgan fingerprint density at radius 3 is 2.50 bits per heavy atom. The van der Waals surface area contributed by atoms with Crippen molar-refractivity contribution in [3.05, 3.63) is 23.1 Å². The number of aryl methyl sites for hydroxylation is 2. The highest BCUT2D eigenvalue weighted by Gasteiger charge is 2.42. The van der Waals surface area contributed by atoms with Crippen LogP contribution in [0.5, 0.6) is 0 Å². The minimum atomic E-state index is -1.00. The fraction of sp³-hybridized carbons (Fsp3) is 0.615. The van der Waals surface area contributed by atoms with Crippen LogP contribution in [0.25, 0.3) is 20.8 Å². The SMILES string of the molecule is Cc1cc2sc(-c3c(C)nc(N[C@H](C)C4CC4)nc3NC3C[C@H](CO)[C@@H](O)[C@H]3O)nc2c(C2CC2)n1. The van der Waals surface area contributed by atoms with Crippen LogP contribution in [-0.4, -0.2) is 66.2 Å². The topological polar surface area (TPSA) is 136 Å². The van der Waals surface area contributed by atoms with Crippen molar-refractivity contribution in [2.24, 2.45) is 11.8 Å². The Morgan fingerprint density at radius 2 is 1.83 bits per heavy atom. The molecule has 3 aliphatic rings. The summed E-state index contributed by atoms with van der Waals surface area (Å²) < 4.78 is 1.10. The van der Waals surface area contributed by atoms with Crippen molar-refractivity contribution in [1.29, 1.82) is 0 Å². The van der Waals surface area contributed by atoms with Gasteiger partial charge in [0.25, 0.3) is 0 Å². The van der Waals surface area contributed by atoms with Gasteiger partial charge in [-0.1, -0.05) is 0 Å². The molecule has 5 atom stereocenters. The molecule has 0 aliphatic heterocycles. The van der Waals surface area contributed by atoms with Crippen molar-refractivity contribution in [3.8, 4) is 10.6 Å². The van der Waals surface area contributed by atoms with Gasteiger partial charge < -0.3 is 26.0 Å². The van der Waals surface area contributed by atoms with Crippen molar-refractivity contribution in [1.82, 2.24) is 19.9 Å². The molecule has 5 N–H and O–H groups in total. The number of hydrogen-bond acceptors (Lipinski definition) is 10. The number of anilines is 2. The number of fused-ring (bicyclic) bond motifs is 1. The van der Waals surface area contributed by atoms with Crippen LogP contribution in [0, 0.1) is 25.7 Å². The summed E-state index contributed by atoms with van der Waals surface area (Å²) in [4.78, 5) is 19.5. The van der Waals surface area contributed by atoms with E-state index in [0.717, 1.165) is 50.7 Å². The molecule has 6 rings (SSSR count). The molecule has 0 bridgehead atoms. The van der Waals surface area contributed by atoms with Crippen LogP contribution in [0.3, 0.4) is 0 Å². The number of aliphatic hydroxyl groups excluding tert-OH is 3. The second kappa shape index (κ2) is 9.16. The van der Waals surface area contributed by atoms with Crippen molar-refractivity contribution < 1.29 is 15.3 Å². The van der Waals surface area contributed by atoms with E-state index in [4.69, 9.17) is 19.9 Å². The quantitative estimate of drug-likeness (QED) is 0.309.